The van der Waals surface area contributed by atoms with Crippen LogP contribution in [0.4, 0.5) is 10.2 Å². The highest BCUT2D eigenvalue weighted by atomic mass is 32.1. The molecule has 5 nitrogen and oxygen atoms in total. The van der Waals surface area contributed by atoms with Crippen molar-refractivity contribution in [2.75, 3.05) is 18.0 Å². The van der Waals surface area contributed by atoms with Gasteiger partial charge < -0.3 is 0 Å². The molecule has 0 unspecified atom stereocenters. The summed E-state index contributed by atoms with van der Waals surface area (Å²) in [6.07, 6.45) is 5.04. The van der Waals surface area contributed by atoms with E-state index in [0.29, 0.717) is 16.4 Å². The lowest BCUT2D eigenvalue weighted by Gasteiger charge is -2.37. The Morgan fingerprint density at radius 1 is 0.971 bits per heavy atom. The van der Waals surface area contributed by atoms with Gasteiger partial charge in [0.05, 0.1) is 23.0 Å². The fourth-order valence-electron chi connectivity index (χ4n) is 4.37. The molecule has 34 heavy (non-hydrogen) atoms. The highest BCUT2D eigenvalue weighted by Gasteiger charge is 2.31. The van der Waals surface area contributed by atoms with E-state index in [0.717, 1.165) is 38.0 Å². The number of rotatable bonds is 6. The van der Waals surface area contributed by atoms with Crippen molar-refractivity contribution >= 4 is 23.1 Å². The van der Waals surface area contributed by atoms with E-state index in [1.165, 1.54) is 29.0 Å². The van der Waals surface area contributed by atoms with Crippen molar-refractivity contribution in [1.29, 1.82) is 0 Å². The summed E-state index contributed by atoms with van der Waals surface area (Å²) >= 11 is 1.44. The van der Waals surface area contributed by atoms with Gasteiger partial charge in [0.2, 0.25) is 0 Å². The summed E-state index contributed by atoms with van der Waals surface area (Å²) in [4.78, 5) is 27.6. The number of likely N-dealkylation sites (tertiary alicyclic amines) is 1. The van der Waals surface area contributed by atoms with Gasteiger partial charge in [-0.25, -0.2) is 9.37 Å². The maximum absolute atomic E-state index is 13.5. The number of thiophene rings is 1. The van der Waals surface area contributed by atoms with Crippen molar-refractivity contribution in [1.82, 2.24) is 14.9 Å². The molecular formula is C27H25FN4OS. The minimum absolute atomic E-state index is 0.0414. The molecule has 4 aromatic rings. The van der Waals surface area contributed by atoms with Crippen LogP contribution in [0.1, 0.15) is 28.1 Å². The fraction of sp³-hybridized carbons (Fsp3) is 0.222. The van der Waals surface area contributed by atoms with Gasteiger partial charge in [0, 0.05) is 31.2 Å². The van der Waals surface area contributed by atoms with Gasteiger partial charge >= 0.3 is 0 Å². The zero-order chi connectivity index (χ0) is 23.3. The Balaban J connectivity index is 1.35. The van der Waals surface area contributed by atoms with Gasteiger partial charge in [0.25, 0.3) is 5.91 Å². The molecule has 5 rings (SSSR count). The monoisotopic (exact) mass is 472 g/mol. The Hall–Kier alpha value is -3.42. The first-order valence-electron chi connectivity index (χ1n) is 11.4. The second kappa shape index (κ2) is 10.2. The quantitative estimate of drug-likeness (QED) is 0.364. The van der Waals surface area contributed by atoms with Crippen molar-refractivity contribution in [3.05, 3.63) is 101 Å². The Bertz CT molecular complexity index is 1210. The first-order chi connectivity index (χ1) is 16.7. The van der Waals surface area contributed by atoms with E-state index in [2.05, 4.69) is 39.1 Å². The van der Waals surface area contributed by atoms with Gasteiger partial charge in [0.1, 0.15) is 5.82 Å². The summed E-state index contributed by atoms with van der Waals surface area (Å²) < 4.78 is 13.3. The van der Waals surface area contributed by atoms with Gasteiger partial charge in [-0.05, 0) is 54.1 Å². The average molecular weight is 473 g/mol. The van der Waals surface area contributed by atoms with Crippen LogP contribution >= 0.6 is 11.3 Å². The molecule has 1 aliphatic heterocycles. The lowest BCUT2D eigenvalue weighted by Crippen LogP contribution is -2.47. The summed E-state index contributed by atoms with van der Waals surface area (Å²) in [5.74, 6) is 0.214. The van der Waals surface area contributed by atoms with Crippen LogP contribution in [-0.4, -0.2) is 39.9 Å². The molecule has 172 valence electrons. The number of carbonyl (C=O) groups is 1. The van der Waals surface area contributed by atoms with Gasteiger partial charge in [-0.3, -0.25) is 19.6 Å². The maximum Gasteiger partial charge on any atom is 0.269 e. The molecule has 2 aromatic heterocycles. The topological polar surface area (TPSA) is 49.3 Å². The predicted octanol–water partition coefficient (Wildman–Crippen LogP) is 5.66. The Kier molecular flexibility index (Phi) is 6.74. The van der Waals surface area contributed by atoms with Crippen LogP contribution < -0.4 is 4.90 Å². The Morgan fingerprint density at radius 2 is 1.74 bits per heavy atom. The van der Waals surface area contributed by atoms with E-state index in [4.69, 9.17) is 0 Å². The Labute approximate surface area is 202 Å². The lowest BCUT2D eigenvalue weighted by atomic mass is 10.0. The fourth-order valence-corrected chi connectivity index (χ4v) is 5.03. The van der Waals surface area contributed by atoms with Gasteiger partial charge in [-0.15, -0.1) is 11.3 Å². The number of aromatic nitrogens is 2. The van der Waals surface area contributed by atoms with E-state index in [1.807, 2.05) is 28.5 Å². The third kappa shape index (κ3) is 5.05. The number of piperidine rings is 1. The number of halogens is 1. The Morgan fingerprint density at radius 3 is 2.38 bits per heavy atom. The molecule has 7 heteroatoms. The predicted molar refractivity (Wildman–Crippen MR) is 133 cm³/mol. The molecule has 0 spiro atoms. The maximum atomic E-state index is 13.5. The molecule has 1 amide bonds. The van der Waals surface area contributed by atoms with Crippen LogP contribution in [0, 0.1) is 5.82 Å². The van der Waals surface area contributed by atoms with Crippen LogP contribution in [0.25, 0.3) is 11.3 Å². The average Bonchev–Trinajstić information content (AvgIpc) is 3.42. The molecular weight excluding hydrogens is 447 g/mol. The summed E-state index contributed by atoms with van der Waals surface area (Å²) in [6.45, 7) is 2.74. The normalized spacial score (nSPS) is 14.7. The van der Waals surface area contributed by atoms with Crippen LogP contribution in [-0.2, 0) is 6.54 Å². The molecule has 0 N–H and O–H groups in total. The first-order valence-corrected chi connectivity index (χ1v) is 12.3. The van der Waals surface area contributed by atoms with E-state index in [1.54, 1.807) is 24.5 Å². The van der Waals surface area contributed by atoms with Crippen LogP contribution in [0.15, 0.2) is 84.5 Å². The number of hydrogen-bond donors (Lipinski definition) is 0. The second-order valence-electron chi connectivity index (χ2n) is 8.41. The molecule has 1 fully saturated rings. The number of anilines is 1. The highest BCUT2D eigenvalue weighted by Crippen LogP contribution is 2.27. The van der Waals surface area contributed by atoms with Crippen LogP contribution in [0.5, 0.6) is 0 Å². The molecule has 0 bridgehead atoms. The van der Waals surface area contributed by atoms with E-state index < -0.39 is 0 Å². The zero-order valence-electron chi connectivity index (χ0n) is 18.7. The number of amides is 1. The van der Waals surface area contributed by atoms with Crippen molar-refractivity contribution in [2.45, 2.75) is 25.4 Å². The molecule has 1 saturated heterocycles. The third-order valence-electron chi connectivity index (χ3n) is 6.15. The van der Waals surface area contributed by atoms with Gasteiger partial charge in [-0.2, -0.15) is 0 Å². The summed E-state index contributed by atoms with van der Waals surface area (Å²) in [5.41, 5.74) is 2.73. The zero-order valence-corrected chi connectivity index (χ0v) is 19.5. The minimum Gasteiger partial charge on any atom is -0.299 e. The van der Waals surface area contributed by atoms with Gasteiger partial charge in [0.15, 0.2) is 5.82 Å². The molecule has 1 aliphatic rings. The van der Waals surface area contributed by atoms with E-state index >= 15 is 0 Å². The van der Waals surface area contributed by atoms with Crippen molar-refractivity contribution in [3.63, 3.8) is 0 Å². The molecule has 0 aliphatic carbocycles. The van der Waals surface area contributed by atoms with Crippen molar-refractivity contribution < 1.29 is 9.18 Å². The SMILES string of the molecule is O=C(c1cccs1)N(c1cnc(-c2ccc(F)cc2)cn1)C1CCN(Cc2ccccc2)CC1. The van der Waals surface area contributed by atoms with E-state index in [-0.39, 0.29) is 17.8 Å². The molecule has 0 atom stereocenters. The number of hydrogen-bond acceptors (Lipinski definition) is 5. The highest BCUT2D eigenvalue weighted by molar-refractivity contribution is 7.12. The standard InChI is InChI=1S/C27H25FN4OS/c28-22-10-8-21(9-11-22)24-17-30-26(18-29-24)32(27(33)25-7-4-16-34-25)23-12-14-31(15-13-23)19-20-5-2-1-3-6-20/h1-11,16-18,23H,12-15,19H2. The lowest BCUT2D eigenvalue weighted by molar-refractivity contribution is 0.0961. The number of benzene rings is 2. The largest absolute Gasteiger partial charge is 0.299 e. The van der Waals surface area contributed by atoms with Gasteiger partial charge in [-0.1, -0.05) is 36.4 Å². The van der Waals surface area contributed by atoms with Crippen LogP contribution in [0.2, 0.25) is 0 Å². The third-order valence-corrected chi connectivity index (χ3v) is 7.00. The molecule has 2 aromatic carbocycles. The number of carbonyl (C=O) groups excluding carboxylic acids is 1. The molecule has 0 radical (unpaired) electrons. The first kappa shape index (κ1) is 22.4. The van der Waals surface area contributed by atoms with Crippen molar-refractivity contribution in [3.8, 4) is 11.3 Å². The smallest absolute Gasteiger partial charge is 0.269 e. The second-order valence-corrected chi connectivity index (χ2v) is 9.36. The van der Waals surface area contributed by atoms with Crippen molar-refractivity contribution in [2.24, 2.45) is 0 Å². The van der Waals surface area contributed by atoms with E-state index in [9.17, 15) is 9.18 Å². The summed E-state index contributed by atoms with van der Waals surface area (Å²) in [6, 6.07) is 20.4. The number of nitrogens with zero attached hydrogens (tertiary/aromatic N) is 4. The molecule has 3 heterocycles. The summed E-state index contributed by atoms with van der Waals surface area (Å²) in [7, 11) is 0. The molecule has 0 saturated carbocycles. The van der Waals surface area contributed by atoms with Crippen LogP contribution in [0.3, 0.4) is 0 Å². The minimum atomic E-state index is -0.292. The summed E-state index contributed by atoms with van der Waals surface area (Å²) in [5, 5.41) is 1.91.